The van der Waals surface area contributed by atoms with E-state index in [9.17, 15) is 19.1 Å². The summed E-state index contributed by atoms with van der Waals surface area (Å²) in [4.78, 5) is 30.5. The average Bonchev–Trinajstić information content (AvgIpc) is 3.14. The number of hydrogen-bond acceptors (Lipinski definition) is 6. The van der Waals surface area contributed by atoms with Crippen LogP contribution in [-0.2, 0) is 19.2 Å². The molecule has 2 amide bonds. The van der Waals surface area contributed by atoms with E-state index < -0.39 is 28.7 Å². The molecule has 32 heavy (non-hydrogen) atoms. The van der Waals surface area contributed by atoms with Gasteiger partial charge in [0, 0.05) is 18.0 Å². The van der Waals surface area contributed by atoms with Crippen LogP contribution in [-0.4, -0.2) is 70.5 Å². The maximum absolute atomic E-state index is 13.8. The number of aliphatic hydroxyl groups is 1. The number of halogens is 2. The molecule has 0 aromatic rings. The summed E-state index contributed by atoms with van der Waals surface area (Å²) in [6, 6.07) is 0.235. The van der Waals surface area contributed by atoms with E-state index >= 15 is 0 Å². The average molecular weight is 476 g/mol. The molecule has 182 valence electrons. The Morgan fingerprint density at radius 3 is 2.56 bits per heavy atom. The number of amides is 2. The molecule has 1 heterocycles. The first-order valence-corrected chi connectivity index (χ1v) is 12.2. The first-order chi connectivity index (χ1) is 15.2. The van der Waals surface area contributed by atoms with Gasteiger partial charge in [-0.3, -0.25) is 14.4 Å². The number of ether oxygens (including phenoxy) is 1. The lowest BCUT2D eigenvalue weighted by atomic mass is 9.60. The van der Waals surface area contributed by atoms with Gasteiger partial charge in [0.25, 0.3) is 0 Å². The van der Waals surface area contributed by atoms with Gasteiger partial charge in [0.2, 0.25) is 11.8 Å². The highest BCUT2D eigenvalue weighted by molar-refractivity contribution is 6.21. The largest absolute Gasteiger partial charge is 0.391 e. The normalized spacial score (nSPS) is 43.8. The van der Waals surface area contributed by atoms with E-state index in [1.165, 1.54) is 0 Å². The van der Waals surface area contributed by atoms with Crippen molar-refractivity contribution in [2.24, 2.45) is 0 Å². The van der Waals surface area contributed by atoms with Gasteiger partial charge in [-0.15, -0.1) is 11.6 Å². The van der Waals surface area contributed by atoms with Crippen LogP contribution >= 0.6 is 11.6 Å². The lowest BCUT2D eigenvalue weighted by molar-refractivity contribution is -0.140. The van der Waals surface area contributed by atoms with E-state index in [1.54, 1.807) is 0 Å². The van der Waals surface area contributed by atoms with Crippen LogP contribution in [0.15, 0.2) is 0 Å². The SMILES string of the molecule is CC1CC(CC(=O)NC23CCC(NC(=O)COC4CCC(Cl)C(F)C4)(CC2)C(O)C3)ON1. The number of carbonyl (C=O) groups is 2. The Balaban J connectivity index is 1.24. The van der Waals surface area contributed by atoms with Gasteiger partial charge in [-0.1, -0.05) is 0 Å². The third-order valence-corrected chi connectivity index (χ3v) is 8.17. The molecule has 6 unspecified atom stereocenters. The number of aliphatic hydroxyl groups excluding tert-OH is 1. The Bertz CT molecular complexity index is 705. The molecule has 0 aromatic heterocycles. The zero-order chi connectivity index (χ0) is 22.9. The number of hydrogen-bond donors (Lipinski definition) is 4. The molecule has 5 aliphatic rings. The van der Waals surface area contributed by atoms with Crippen LogP contribution in [0.4, 0.5) is 4.39 Å². The number of fused-ring (bicyclic) bond motifs is 3. The van der Waals surface area contributed by atoms with Crippen LogP contribution in [0.25, 0.3) is 0 Å². The molecule has 5 fully saturated rings. The van der Waals surface area contributed by atoms with Gasteiger partial charge >= 0.3 is 0 Å². The Hall–Kier alpha value is -1.00. The second kappa shape index (κ2) is 9.70. The Morgan fingerprint density at radius 1 is 1.19 bits per heavy atom. The van der Waals surface area contributed by atoms with E-state index in [1.807, 2.05) is 6.92 Å². The lowest BCUT2D eigenvalue weighted by Gasteiger charge is -2.56. The second-order valence-electron chi connectivity index (χ2n) is 10.2. The number of hydroxylamine groups is 1. The van der Waals surface area contributed by atoms with Crippen molar-refractivity contribution in [2.75, 3.05) is 6.61 Å². The third-order valence-electron chi connectivity index (χ3n) is 7.67. The summed E-state index contributed by atoms with van der Waals surface area (Å²) < 4.78 is 19.4. The lowest BCUT2D eigenvalue weighted by Crippen LogP contribution is -2.70. The molecule has 1 aliphatic heterocycles. The fourth-order valence-electron chi connectivity index (χ4n) is 5.74. The van der Waals surface area contributed by atoms with Crippen molar-refractivity contribution in [2.45, 2.75) is 118 Å². The Kier molecular flexibility index (Phi) is 7.32. The topological polar surface area (TPSA) is 109 Å². The fraction of sp³-hybridized carbons (Fsp3) is 0.909. The molecule has 4 aliphatic carbocycles. The molecule has 4 saturated carbocycles. The molecular weight excluding hydrogens is 441 g/mol. The van der Waals surface area contributed by atoms with Gasteiger partial charge < -0.3 is 20.5 Å². The van der Waals surface area contributed by atoms with Crippen LogP contribution in [0, 0.1) is 0 Å². The molecule has 5 rings (SSSR count). The van der Waals surface area contributed by atoms with Crippen molar-refractivity contribution in [3.63, 3.8) is 0 Å². The molecule has 1 saturated heterocycles. The summed E-state index contributed by atoms with van der Waals surface area (Å²) in [5, 5.41) is 16.5. The van der Waals surface area contributed by atoms with Crippen molar-refractivity contribution in [3.8, 4) is 0 Å². The van der Waals surface area contributed by atoms with Crippen molar-refractivity contribution >= 4 is 23.4 Å². The minimum Gasteiger partial charge on any atom is -0.391 e. The Morgan fingerprint density at radius 2 is 1.94 bits per heavy atom. The smallest absolute Gasteiger partial charge is 0.246 e. The molecule has 8 nitrogen and oxygen atoms in total. The van der Waals surface area contributed by atoms with Crippen LogP contribution < -0.4 is 16.1 Å². The highest BCUT2D eigenvalue weighted by Crippen LogP contribution is 2.47. The van der Waals surface area contributed by atoms with E-state index in [4.69, 9.17) is 21.2 Å². The third kappa shape index (κ3) is 5.38. The summed E-state index contributed by atoms with van der Waals surface area (Å²) in [6.07, 6.45) is 3.12. The molecule has 6 atom stereocenters. The summed E-state index contributed by atoms with van der Waals surface area (Å²) in [7, 11) is 0. The Labute approximate surface area is 193 Å². The number of rotatable bonds is 7. The van der Waals surface area contributed by atoms with Crippen molar-refractivity contribution in [1.82, 2.24) is 16.1 Å². The molecule has 0 spiro atoms. The van der Waals surface area contributed by atoms with E-state index in [0.29, 0.717) is 51.4 Å². The van der Waals surface area contributed by atoms with Gasteiger partial charge in [-0.25, -0.2) is 4.39 Å². The minimum atomic E-state index is -1.11. The van der Waals surface area contributed by atoms with Gasteiger partial charge in [0.1, 0.15) is 12.8 Å². The monoisotopic (exact) mass is 475 g/mol. The predicted octanol–water partition coefficient (Wildman–Crippen LogP) is 1.62. The molecular formula is C22H35ClFN3O5. The zero-order valence-electron chi connectivity index (χ0n) is 18.6. The van der Waals surface area contributed by atoms with E-state index in [-0.39, 0.29) is 43.1 Å². The molecule has 2 bridgehead atoms. The van der Waals surface area contributed by atoms with Crippen molar-refractivity contribution < 1.29 is 28.7 Å². The minimum absolute atomic E-state index is 0.0669. The van der Waals surface area contributed by atoms with Gasteiger partial charge in [0.05, 0.1) is 35.6 Å². The maximum Gasteiger partial charge on any atom is 0.246 e. The summed E-state index contributed by atoms with van der Waals surface area (Å²) in [5.74, 6) is -0.367. The second-order valence-corrected chi connectivity index (χ2v) is 10.8. The zero-order valence-corrected chi connectivity index (χ0v) is 19.3. The highest BCUT2D eigenvalue weighted by Gasteiger charge is 2.55. The first-order valence-electron chi connectivity index (χ1n) is 11.8. The molecule has 0 radical (unpaired) electrons. The van der Waals surface area contributed by atoms with Crippen molar-refractivity contribution in [3.05, 3.63) is 0 Å². The number of nitrogens with one attached hydrogen (secondary N) is 3. The molecule has 4 N–H and O–H groups in total. The fourth-order valence-corrected chi connectivity index (χ4v) is 5.97. The summed E-state index contributed by atoms with van der Waals surface area (Å²) >= 11 is 5.90. The molecule has 0 aromatic carbocycles. The quantitative estimate of drug-likeness (QED) is 0.417. The van der Waals surface area contributed by atoms with Gasteiger partial charge in [-0.2, -0.15) is 5.48 Å². The summed E-state index contributed by atoms with van der Waals surface area (Å²) in [5.41, 5.74) is 1.75. The van der Waals surface area contributed by atoms with E-state index in [2.05, 4.69) is 16.1 Å². The van der Waals surface area contributed by atoms with E-state index in [0.717, 1.165) is 6.42 Å². The van der Waals surface area contributed by atoms with Crippen LogP contribution in [0.5, 0.6) is 0 Å². The van der Waals surface area contributed by atoms with Crippen LogP contribution in [0.3, 0.4) is 0 Å². The van der Waals surface area contributed by atoms with Gasteiger partial charge in [-0.05, 0) is 58.3 Å². The van der Waals surface area contributed by atoms with Crippen molar-refractivity contribution in [1.29, 1.82) is 0 Å². The number of carbonyl (C=O) groups excluding carboxylic acids is 2. The highest BCUT2D eigenvalue weighted by atomic mass is 35.5. The maximum atomic E-state index is 13.8. The first kappa shape index (κ1) is 24.1. The van der Waals surface area contributed by atoms with Crippen LogP contribution in [0.1, 0.15) is 71.1 Å². The summed E-state index contributed by atoms with van der Waals surface area (Å²) in [6.45, 7) is 1.85. The standard InChI is InChI=1S/C22H35ClFN3O5/c1-13-8-15(32-27-13)10-19(29)25-21-4-6-22(7-5-21,18(28)11-21)26-20(30)12-31-14-2-3-16(23)17(24)9-14/h13-18,27-28H,2-12H2,1H3,(H,25,29)(H,26,30). The number of alkyl halides is 2. The van der Waals surface area contributed by atoms with Crippen LogP contribution in [0.2, 0.25) is 0 Å². The van der Waals surface area contributed by atoms with Gasteiger partial charge in [0.15, 0.2) is 0 Å². The predicted molar refractivity (Wildman–Crippen MR) is 116 cm³/mol. The molecule has 10 heteroatoms.